The standard InChI is InChI=1S/C24H30N4O2S2/c1-24(2,3)17-6-7-18-16(13-17)14-20(32-18)22-26-25-21(30-22)15-27-8-10-28(11-9-27)23(29)19-5-4-12-31-19/h4-5,12,14,17H,6-11,13,15H2,1-3H3/t17-/m0/s1. The number of rotatable bonds is 4. The van der Waals surface area contributed by atoms with Crippen molar-refractivity contribution in [2.24, 2.45) is 11.3 Å². The van der Waals surface area contributed by atoms with Crippen molar-refractivity contribution in [1.29, 1.82) is 0 Å². The highest BCUT2D eigenvalue weighted by atomic mass is 32.1. The normalized spacial score (nSPS) is 19.8. The summed E-state index contributed by atoms with van der Waals surface area (Å²) >= 11 is 3.31. The highest BCUT2D eigenvalue weighted by Crippen LogP contribution is 2.42. The SMILES string of the molecule is CC(C)(C)[C@H]1CCc2sc(-c3nnc(CN4CCN(C(=O)c5cccs5)CC4)o3)cc2C1. The predicted molar refractivity (Wildman–Crippen MR) is 128 cm³/mol. The van der Waals surface area contributed by atoms with Crippen molar-refractivity contribution in [3.05, 3.63) is 44.8 Å². The molecule has 0 bridgehead atoms. The molecule has 1 aliphatic heterocycles. The largest absolute Gasteiger partial charge is 0.419 e. The van der Waals surface area contributed by atoms with E-state index in [-0.39, 0.29) is 5.91 Å². The van der Waals surface area contributed by atoms with Crippen LogP contribution < -0.4 is 0 Å². The Morgan fingerprint density at radius 3 is 2.75 bits per heavy atom. The topological polar surface area (TPSA) is 62.5 Å². The van der Waals surface area contributed by atoms with Crippen molar-refractivity contribution in [3.8, 4) is 10.8 Å². The number of fused-ring (bicyclic) bond motifs is 1. The van der Waals surface area contributed by atoms with Crippen LogP contribution in [0.3, 0.4) is 0 Å². The number of aryl methyl sites for hydroxylation is 1. The molecule has 3 aromatic rings. The number of aromatic nitrogens is 2. The molecule has 0 spiro atoms. The van der Waals surface area contributed by atoms with E-state index in [9.17, 15) is 4.79 Å². The van der Waals surface area contributed by atoms with Gasteiger partial charge in [0.25, 0.3) is 11.8 Å². The molecule has 1 saturated heterocycles. The predicted octanol–water partition coefficient (Wildman–Crippen LogP) is 4.97. The molecular weight excluding hydrogens is 440 g/mol. The molecule has 0 N–H and O–H groups in total. The number of carbonyl (C=O) groups excluding carboxylic acids is 1. The number of carbonyl (C=O) groups is 1. The fourth-order valence-corrected chi connectivity index (χ4v) is 6.46. The van der Waals surface area contributed by atoms with E-state index in [1.54, 1.807) is 0 Å². The molecule has 0 unspecified atom stereocenters. The number of nitrogens with zero attached hydrogens (tertiary/aromatic N) is 4. The zero-order chi connectivity index (χ0) is 22.3. The second-order valence-corrected chi connectivity index (χ2v) is 12.0. The third-order valence-electron chi connectivity index (χ3n) is 6.74. The molecule has 0 aromatic carbocycles. The van der Waals surface area contributed by atoms with Gasteiger partial charge in [0, 0.05) is 31.1 Å². The maximum atomic E-state index is 12.5. The third-order valence-corrected chi connectivity index (χ3v) is 8.82. The molecule has 170 valence electrons. The average molecular weight is 471 g/mol. The van der Waals surface area contributed by atoms with Crippen LogP contribution in [0.4, 0.5) is 0 Å². The minimum Gasteiger partial charge on any atom is -0.419 e. The van der Waals surface area contributed by atoms with Gasteiger partial charge in [0.1, 0.15) is 0 Å². The zero-order valence-corrected chi connectivity index (χ0v) is 20.6. The Kier molecular flexibility index (Phi) is 5.94. The van der Waals surface area contributed by atoms with Crippen LogP contribution in [0.5, 0.6) is 0 Å². The Bertz CT molecular complexity index is 1070. The number of amides is 1. The molecule has 1 aliphatic carbocycles. The Labute approximate surface area is 197 Å². The van der Waals surface area contributed by atoms with Gasteiger partial charge >= 0.3 is 0 Å². The van der Waals surface area contributed by atoms with Gasteiger partial charge in [-0.1, -0.05) is 26.8 Å². The van der Waals surface area contributed by atoms with Gasteiger partial charge in [-0.15, -0.1) is 32.9 Å². The Morgan fingerprint density at radius 2 is 2.03 bits per heavy atom. The highest BCUT2D eigenvalue weighted by molar-refractivity contribution is 7.15. The summed E-state index contributed by atoms with van der Waals surface area (Å²) in [5.41, 5.74) is 1.80. The van der Waals surface area contributed by atoms with Crippen LogP contribution in [-0.2, 0) is 19.4 Å². The molecule has 2 aliphatic rings. The second kappa shape index (κ2) is 8.72. The summed E-state index contributed by atoms with van der Waals surface area (Å²) in [6.45, 7) is 10.8. The van der Waals surface area contributed by atoms with Crippen molar-refractivity contribution in [2.75, 3.05) is 26.2 Å². The van der Waals surface area contributed by atoms with Gasteiger partial charge < -0.3 is 9.32 Å². The minimum absolute atomic E-state index is 0.134. The number of hydrogen-bond donors (Lipinski definition) is 0. The van der Waals surface area contributed by atoms with Crippen molar-refractivity contribution < 1.29 is 9.21 Å². The molecule has 0 radical (unpaired) electrons. The summed E-state index contributed by atoms with van der Waals surface area (Å²) in [5.74, 6) is 2.14. The summed E-state index contributed by atoms with van der Waals surface area (Å²) in [4.78, 5) is 20.1. The minimum atomic E-state index is 0.134. The summed E-state index contributed by atoms with van der Waals surface area (Å²) < 4.78 is 6.05. The number of piperazine rings is 1. The lowest BCUT2D eigenvalue weighted by Gasteiger charge is -2.33. The van der Waals surface area contributed by atoms with Crippen molar-refractivity contribution in [3.63, 3.8) is 0 Å². The molecule has 5 rings (SSSR count). The molecule has 32 heavy (non-hydrogen) atoms. The zero-order valence-electron chi connectivity index (χ0n) is 19.0. The van der Waals surface area contributed by atoms with Gasteiger partial charge in [0.15, 0.2) is 0 Å². The summed E-state index contributed by atoms with van der Waals surface area (Å²) in [6, 6.07) is 6.09. The van der Waals surface area contributed by atoms with Crippen LogP contribution in [0.25, 0.3) is 10.8 Å². The summed E-state index contributed by atoms with van der Waals surface area (Å²) in [5, 5.41) is 10.6. The average Bonchev–Trinajstić information content (AvgIpc) is 3.52. The molecule has 1 fully saturated rings. The summed E-state index contributed by atoms with van der Waals surface area (Å²) in [6.07, 6.45) is 3.55. The molecular formula is C24H30N4O2S2. The van der Waals surface area contributed by atoms with Gasteiger partial charge in [0.05, 0.1) is 16.3 Å². The van der Waals surface area contributed by atoms with Gasteiger partial charge in [-0.05, 0) is 53.7 Å². The van der Waals surface area contributed by atoms with E-state index in [0.717, 1.165) is 54.7 Å². The van der Waals surface area contributed by atoms with E-state index < -0.39 is 0 Å². The van der Waals surface area contributed by atoms with Crippen molar-refractivity contribution >= 4 is 28.6 Å². The quantitative estimate of drug-likeness (QED) is 0.539. The van der Waals surface area contributed by atoms with E-state index in [1.807, 2.05) is 33.7 Å². The van der Waals surface area contributed by atoms with E-state index in [0.29, 0.717) is 23.7 Å². The number of thiophene rings is 2. The second-order valence-electron chi connectivity index (χ2n) is 9.91. The number of hydrogen-bond acceptors (Lipinski definition) is 7. The van der Waals surface area contributed by atoms with Crippen LogP contribution in [0.1, 0.15) is 53.2 Å². The monoisotopic (exact) mass is 470 g/mol. The van der Waals surface area contributed by atoms with Crippen LogP contribution in [0, 0.1) is 11.3 Å². The van der Waals surface area contributed by atoms with E-state index >= 15 is 0 Å². The first-order valence-electron chi connectivity index (χ1n) is 11.4. The van der Waals surface area contributed by atoms with Crippen molar-refractivity contribution in [1.82, 2.24) is 20.0 Å². The maximum absolute atomic E-state index is 12.5. The lowest BCUT2D eigenvalue weighted by atomic mass is 9.72. The molecule has 4 heterocycles. The van der Waals surface area contributed by atoms with Crippen LogP contribution in [0.15, 0.2) is 28.0 Å². The fourth-order valence-electron chi connectivity index (χ4n) is 4.64. The molecule has 3 aromatic heterocycles. The lowest BCUT2D eigenvalue weighted by Crippen LogP contribution is -2.48. The molecule has 0 saturated carbocycles. The molecule has 1 amide bonds. The maximum Gasteiger partial charge on any atom is 0.264 e. The van der Waals surface area contributed by atoms with Crippen molar-refractivity contribution in [2.45, 2.75) is 46.6 Å². The Balaban J connectivity index is 1.19. The van der Waals surface area contributed by atoms with E-state index in [1.165, 1.54) is 28.2 Å². The smallest absolute Gasteiger partial charge is 0.264 e. The fraction of sp³-hybridized carbons (Fsp3) is 0.542. The first-order valence-corrected chi connectivity index (χ1v) is 13.1. The molecule has 1 atom stereocenters. The molecule has 8 heteroatoms. The van der Waals surface area contributed by atoms with Gasteiger partial charge in [0.2, 0.25) is 5.89 Å². The third kappa shape index (κ3) is 4.54. The Morgan fingerprint density at radius 1 is 1.22 bits per heavy atom. The van der Waals surface area contributed by atoms with Gasteiger partial charge in [-0.25, -0.2) is 0 Å². The lowest BCUT2D eigenvalue weighted by molar-refractivity contribution is 0.0623. The first-order chi connectivity index (χ1) is 15.4. The van der Waals surface area contributed by atoms with Gasteiger partial charge in [-0.3, -0.25) is 9.69 Å². The molecule has 6 nitrogen and oxygen atoms in total. The Hall–Kier alpha value is -2.03. The first kappa shape index (κ1) is 21.8. The van der Waals surface area contributed by atoms with E-state index in [2.05, 4.69) is 41.9 Å². The van der Waals surface area contributed by atoms with Crippen LogP contribution in [-0.4, -0.2) is 52.1 Å². The highest BCUT2D eigenvalue weighted by Gasteiger charge is 2.30. The van der Waals surface area contributed by atoms with E-state index in [4.69, 9.17) is 4.42 Å². The van der Waals surface area contributed by atoms with Crippen LogP contribution >= 0.6 is 22.7 Å². The summed E-state index contributed by atoms with van der Waals surface area (Å²) in [7, 11) is 0. The van der Waals surface area contributed by atoms with Crippen LogP contribution in [0.2, 0.25) is 0 Å². The van der Waals surface area contributed by atoms with Gasteiger partial charge in [-0.2, -0.15) is 0 Å².